The van der Waals surface area contributed by atoms with Crippen LogP contribution in [-0.2, 0) is 25.1 Å². The SMILES string of the molecule is CCOP(=O)(CCCCc1ccccc1)CC(=O)N1CC(C2CCCCC2)C[C@H]1C(=O)O. The number of carboxylic acids is 1. The largest absolute Gasteiger partial charge is 0.480 e. The number of aryl methyl sites for hydroxylation is 1. The van der Waals surface area contributed by atoms with Gasteiger partial charge >= 0.3 is 5.97 Å². The minimum atomic E-state index is -3.14. The third-order valence-corrected chi connectivity index (χ3v) is 9.53. The number of carbonyl (C=O) groups excluding carboxylic acids is 1. The summed E-state index contributed by atoms with van der Waals surface area (Å²) in [6.45, 7) is 2.55. The molecule has 1 aromatic rings. The van der Waals surface area contributed by atoms with Crippen LogP contribution in [0.4, 0.5) is 0 Å². The van der Waals surface area contributed by atoms with Gasteiger partial charge in [0.2, 0.25) is 13.3 Å². The molecule has 3 rings (SSSR count). The normalized spacial score (nSPS) is 23.7. The van der Waals surface area contributed by atoms with E-state index >= 15 is 0 Å². The summed E-state index contributed by atoms with van der Waals surface area (Å²) < 4.78 is 19.0. The second-order valence-corrected chi connectivity index (χ2v) is 12.0. The topological polar surface area (TPSA) is 83.9 Å². The van der Waals surface area contributed by atoms with E-state index < -0.39 is 19.4 Å². The average Bonchev–Trinajstić information content (AvgIpc) is 3.25. The van der Waals surface area contributed by atoms with Gasteiger partial charge in [-0.3, -0.25) is 9.36 Å². The second kappa shape index (κ2) is 12.0. The van der Waals surface area contributed by atoms with Gasteiger partial charge in [-0.25, -0.2) is 4.79 Å². The number of amides is 1. The van der Waals surface area contributed by atoms with Gasteiger partial charge in [0.15, 0.2) is 0 Å². The molecular formula is C25H38NO5P. The Labute approximate surface area is 192 Å². The number of carbonyl (C=O) groups is 2. The van der Waals surface area contributed by atoms with Crippen LogP contribution >= 0.6 is 7.37 Å². The first-order valence-electron chi connectivity index (χ1n) is 12.2. The first-order chi connectivity index (χ1) is 15.4. The number of unbranched alkanes of at least 4 members (excludes halogenated alkanes) is 1. The zero-order chi connectivity index (χ0) is 23.0. The van der Waals surface area contributed by atoms with Crippen molar-refractivity contribution in [2.45, 2.75) is 70.8 Å². The Bertz CT molecular complexity index is 793. The molecule has 1 aromatic carbocycles. The zero-order valence-corrected chi connectivity index (χ0v) is 20.2. The highest BCUT2D eigenvalue weighted by Gasteiger charge is 2.43. The van der Waals surface area contributed by atoms with Crippen molar-refractivity contribution in [3.8, 4) is 0 Å². The van der Waals surface area contributed by atoms with E-state index in [9.17, 15) is 19.3 Å². The Morgan fingerprint density at radius 2 is 1.81 bits per heavy atom. The molecule has 1 saturated heterocycles. The number of nitrogens with zero attached hydrogens (tertiary/aromatic N) is 1. The molecular weight excluding hydrogens is 425 g/mol. The fourth-order valence-corrected chi connectivity index (χ4v) is 7.52. The Morgan fingerprint density at radius 3 is 2.47 bits per heavy atom. The van der Waals surface area contributed by atoms with Crippen molar-refractivity contribution in [1.82, 2.24) is 4.90 Å². The minimum Gasteiger partial charge on any atom is -0.480 e. The van der Waals surface area contributed by atoms with E-state index in [-0.39, 0.29) is 24.6 Å². The van der Waals surface area contributed by atoms with Crippen molar-refractivity contribution < 1.29 is 23.8 Å². The highest BCUT2D eigenvalue weighted by molar-refractivity contribution is 7.59. The van der Waals surface area contributed by atoms with Crippen LogP contribution in [0.5, 0.6) is 0 Å². The summed E-state index contributed by atoms with van der Waals surface area (Å²) in [5.41, 5.74) is 1.24. The molecule has 0 aromatic heterocycles. The van der Waals surface area contributed by atoms with E-state index in [2.05, 4.69) is 12.1 Å². The molecule has 2 fully saturated rings. The van der Waals surface area contributed by atoms with Crippen LogP contribution in [0.1, 0.15) is 63.9 Å². The second-order valence-electron chi connectivity index (χ2n) is 9.35. The number of benzene rings is 1. The monoisotopic (exact) mass is 463 g/mol. The molecule has 1 saturated carbocycles. The number of carboxylic acid groups (broad SMARTS) is 1. The molecule has 178 valence electrons. The number of hydrogen-bond acceptors (Lipinski definition) is 4. The van der Waals surface area contributed by atoms with Crippen molar-refractivity contribution in [3.05, 3.63) is 35.9 Å². The lowest BCUT2D eigenvalue weighted by atomic mass is 9.79. The van der Waals surface area contributed by atoms with Gasteiger partial charge < -0.3 is 14.5 Å². The van der Waals surface area contributed by atoms with E-state index in [1.54, 1.807) is 6.92 Å². The highest BCUT2D eigenvalue weighted by Crippen LogP contribution is 2.48. The van der Waals surface area contributed by atoms with Crippen molar-refractivity contribution in [2.24, 2.45) is 11.8 Å². The number of hydrogen-bond donors (Lipinski definition) is 1. The molecule has 6 nitrogen and oxygen atoms in total. The first-order valence-corrected chi connectivity index (χ1v) is 14.2. The van der Waals surface area contributed by atoms with Crippen LogP contribution in [0, 0.1) is 11.8 Å². The van der Waals surface area contributed by atoms with Crippen molar-refractivity contribution >= 4 is 19.2 Å². The standard InChI is InChI=1S/C25H38NO5P/c1-2-31-32(30,16-10-9-13-20-11-5-3-6-12-20)19-24(27)26-18-22(17-23(26)25(28)29)21-14-7-4-8-15-21/h3,5-6,11-12,21-23H,2,4,7-10,13-19H2,1H3,(H,28,29)/t22?,23-,32?/m0/s1. The molecule has 2 unspecified atom stereocenters. The molecule has 32 heavy (non-hydrogen) atoms. The smallest absolute Gasteiger partial charge is 0.326 e. The number of aliphatic carboxylic acids is 1. The molecule has 1 amide bonds. The van der Waals surface area contributed by atoms with Crippen LogP contribution in [0.2, 0.25) is 0 Å². The first kappa shape index (κ1) is 25.0. The van der Waals surface area contributed by atoms with Gasteiger partial charge in [-0.05, 0) is 50.0 Å². The van der Waals surface area contributed by atoms with E-state index in [4.69, 9.17) is 4.52 Å². The zero-order valence-electron chi connectivity index (χ0n) is 19.3. The molecule has 7 heteroatoms. The maximum atomic E-state index is 13.4. The summed E-state index contributed by atoms with van der Waals surface area (Å²) in [4.78, 5) is 26.5. The Kier molecular flexibility index (Phi) is 9.36. The molecule has 3 atom stereocenters. The van der Waals surface area contributed by atoms with Crippen molar-refractivity contribution in [2.75, 3.05) is 25.5 Å². The van der Waals surface area contributed by atoms with Crippen molar-refractivity contribution in [1.29, 1.82) is 0 Å². The number of likely N-dealkylation sites (tertiary alicyclic amines) is 1. The molecule has 2 aliphatic rings. The summed E-state index contributed by atoms with van der Waals surface area (Å²) in [5.74, 6) is -0.543. The van der Waals surface area contributed by atoms with Crippen LogP contribution < -0.4 is 0 Å². The van der Waals surface area contributed by atoms with E-state index in [1.807, 2.05) is 18.2 Å². The van der Waals surface area contributed by atoms with E-state index in [0.29, 0.717) is 31.5 Å². The highest BCUT2D eigenvalue weighted by atomic mass is 31.2. The van der Waals surface area contributed by atoms with Crippen LogP contribution in [-0.4, -0.2) is 53.4 Å². The molecule has 0 bridgehead atoms. The summed E-state index contributed by atoms with van der Waals surface area (Å²) >= 11 is 0. The Balaban J connectivity index is 1.57. The minimum absolute atomic E-state index is 0.187. The summed E-state index contributed by atoms with van der Waals surface area (Å²) in [5, 5.41) is 9.74. The lowest BCUT2D eigenvalue weighted by Crippen LogP contribution is -2.42. The quantitative estimate of drug-likeness (QED) is 0.360. The molecule has 1 heterocycles. The maximum Gasteiger partial charge on any atom is 0.326 e. The molecule has 0 radical (unpaired) electrons. The van der Waals surface area contributed by atoms with Crippen LogP contribution in [0.25, 0.3) is 0 Å². The molecule has 1 aliphatic heterocycles. The fourth-order valence-electron chi connectivity index (χ4n) is 5.37. The van der Waals surface area contributed by atoms with Gasteiger partial charge in [-0.1, -0.05) is 62.4 Å². The van der Waals surface area contributed by atoms with Gasteiger partial charge in [0.05, 0.1) is 6.61 Å². The van der Waals surface area contributed by atoms with Crippen molar-refractivity contribution in [3.63, 3.8) is 0 Å². The van der Waals surface area contributed by atoms with Gasteiger partial charge in [-0.15, -0.1) is 0 Å². The lowest BCUT2D eigenvalue weighted by Gasteiger charge is -2.28. The fraction of sp³-hybridized carbons (Fsp3) is 0.680. The molecule has 1 aliphatic carbocycles. The third-order valence-electron chi connectivity index (χ3n) is 7.05. The van der Waals surface area contributed by atoms with Gasteiger partial charge in [0.25, 0.3) is 0 Å². The van der Waals surface area contributed by atoms with Gasteiger partial charge in [0.1, 0.15) is 12.2 Å². The Hall–Kier alpha value is -1.65. The average molecular weight is 464 g/mol. The third kappa shape index (κ3) is 6.92. The predicted molar refractivity (Wildman–Crippen MR) is 126 cm³/mol. The summed E-state index contributed by atoms with van der Waals surface area (Å²) in [6.07, 6.45) is 9.05. The predicted octanol–water partition coefficient (Wildman–Crippen LogP) is 5.21. The van der Waals surface area contributed by atoms with Crippen LogP contribution in [0.15, 0.2) is 30.3 Å². The van der Waals surface area contributed by atoms with Crippen LogP contribution in [0.3, 0.4) is 0 Å². The van der Waals surface area contributed by atoms with Gasteiger partial charge in [-0.2, -0.15) is 0 Å². The molecule has 0 spiro atoms. The number of rotatable bonds is 11. The lowest BCUT2D eigenvalue weighted by molar-refractivity contribution is -0.147. The summed E-state index contributed by atoms with van der Waals surface area (Å²) in [6, 6.07) is 9.35. The van der Waals surface area contributed by atoms with E-state index in [1.165, 1.54) is 29.7 Å². The van der Waals surface area contributed by atoms with E-state index in [0.717, 1.165) is 25.7 Å². The Morgan fingerprint density at radius 1 is 1.09 bits per heavy atom. The summed E-state index contributed by atoms with van der Waals surface area (Å²) in [7, 11) is -3.14. The van der Waals surface area contributed by atoms with Gasteiger partial charge in [0, 0.05) is 12.7 Å². The maximum absolute atomic E-state index is 13.4. The molecule has 1 N–H and O–H groups in total.